The molecule has 0 aliphatic carbocycles. The first-order chi connectivity index (χ1) is 15.0. The molecule has 0 amide bonds. The van der Waals surface area contributed by atoms with Crippen molar-refractivity contribution >= 4 is 23.5 Å². The highest BCUT2D eigenvalue weighted by Crippen LogP contribution is 2.28. The normalized spacial score (nSPS) is 16.7. The molecule has 4 rings (SSSR count). The molecule has 2 heterocycles. The largest absolute Gasteiger partial charge is 0.494 e. The van der Waals surface area contributed by atoms with Gasteiger partial charge in [-0.1, -0.05) is 0 Å². The van der Waals surface area contributed by atoms with E-state index in [-0.39, 0.29) is 5.56 Å². The van der Waals surface area contributed by atoms with Crippen molar-refractivity contribution in [3.05, 3.63) is 52.6 Å². The molecule has 1 aromatic heterocycles. The Balaban J connectivity index is 1.55. The minimum absolute atomic E-state index is 0.148. The fraction of sp³-hybridized carbons (Fsp3) is 0.417. The zero-order chi connectivity index (χ0) is 22.0. The number of aryl methyl sites for hydroxylation is 1. The van der Waals surface area contributed by atoms with Crippen LogP contribution in [-0.2, 0) is 0 Å². The van der Waals surface area contributed by atoms with E-state index < -0.39 is 0 Å². The second-order valence-corrected chi connectivity index (χ2v) is 8.58. The van der Waals surface area contributed by atoms with Crippen LogP contribution in [0.15, 0.2) is 46.1 Å². The summed E-state index contributed by atoms with van der Waals surface area (Å²) in [6.45, 7) is 7.00. The maximum atomic E-state index is 13.2. The molecular formula is C24H29N3O3S. The first-order valence-electron chi connectivity index (χ1n) is 10.8. The predicted octanol–water partition coefficient (Wildman–Crippen LogP) is 4.24. The smallest absolute Gasteiger partial charge is 0.266 e. The Labute approximate surface area is 188 Å². The minimum atomic E-state index is -0.148. The first kappa shape index (κ1) is 21.7. The van der Waals surface area contributed by atoms with Crippen molar-refractivity contribution in [3.63, 3.8) is 0 Å². The van der Waals surface area contributed by atoms with E-state index in [2.05, 4.69) is 29.4 Å². The lowest BCUT2D eigenvalue weighted by molar-refractivity contribution is 0.230. The van der Waals surface area contributed by atoms with Crippen molar-refractivity contribution in [2.75, 3.05) is 26.8 Å². The van der Waals surface area contributed by atoms with Gasteiger partial charge in [0.1, 0.15) is 17.3 Å². The summed E-state index contributed by atoms with van der Waals surface area (Å²) in [4.78, 5) is 21.1. The second kappa shape index (κ2) is 9.32. The molecule has 1 saturated heterocycles. The SMILES string of the molecule is COc1cc(OCCCN2CCC[C@H]2C)ccc1-n1c(C)nc2ccc(S)cc2c1=O. The van der Waals surface area contributed by atoms with Gasteiger partial charge in [-0.05, 0) is 70.0 Å². The van der Waals surface area contributed by atoms with E-state index in [9.17, 15) is 4.79 Å². The molecule has 0 N–H and O–H groups in total. The summed E-state index contributed by atoms with van der Waals surface area (Å²) in [7, 11) is 1.60. The molecule has 1 aliphatic heterocycles. The zero-order valence-corrected chi connectivity index (χ0v) is 19.2. The summed E-state index contributed by atoms with van der Waals surface area (Å²) in [6, 6.07) is 11.6. The standard InChI is InChI=1S/C24H29N3O3S/c1-16-6-4-11-26(16)12-5-13-30-18-7-10-22(23(14-18)29-3)27-17(2)25-21-9-8-19(31)15-20(21)24(27)28/h7-10,14-16,31H,4-6,11-13H2,1-3H3/t16-/m1/s1. The van der Waals surface area contributed by atoms with Crippen LogP contribution in [0.25, 0.3) is 16.6 Å². The lowest BCUT2D eigenvalue weighted by Crippen LogP contribution is -2.28. The van der Waals surface area contributed by atoms with Crippen LogP contribution in [0.1, 0.15) is 32.0 Å². The number of methoxy groups -OCH3 is 1. The van der Waals surface area contributed by atoms with Crippen LogP contribution in [0.3, 0.4) is 0 Å². The average molecular weight is 440 g/mol. The van der Waals surface area contributed by atoms with Gasteiger partial charge in [0.05, 0.1) is 30.3 Å². The van der Waals surface area contributed by atoms with Crippen LogP contribution in [0.4, 0.5) is 0 Å². The molecule has 3 aromatic rings. The lowest BCUT2D eigenvalue weighted by Gasteiger charge is -2.20. The topological polar surface area (TPSA) is 56.6 Å². The van der Waals surface area contributed by atoms with Crippen molar-refractivity contribution in [1.82, 2.24) is 14.5 Å². The number of ether oxygens (including phenoxy) is 2. The summed E-state index contributed by atoms with van der Waals surface area (Å²) in [5.41, 5.74) is 1.15. The molecule has 1 fully saturated rings. The molecule has 31 heavy (non-hydrogen) atoms. The van der Waals surface area contributed by atoms with Crippen molar-refractivity contribution in [3.8, 4) is 17.2 Å². The zero-order valence-electron chi connectivity index (χ0n) is 18.3. The molecule has 2 aromatic carbocycles. The predicted molar refractivity (Wildman–Crippen MR) is 126 cm³/mol. The number of likely N-dealkylation sites (tertiary alicyclic amines) is 1. The molecule has 0 unspecified atom stereocenters. The van der Waals surface area contributed by atoms with Gasteiger partial charge < -0.3 is 14.4 Å². The number of hydrogen-bond donors (Lipinski definition) is 1. The molecule has 1 aliphatic rings. The van der Waals surface area contributed by atoms with Crippen LogP contribution < -0.4 is 15.0 Å². The van der Waals surface area contributed by atoms with E-state index in [0.29, 0.717) is 40.8 Å². The van der Waals surface area contributed by atoms with Crippen molar-refractivity contribution in [2.24, 2.45) is 0 Å². The van der Waals surface area contributed by atoms with Crippen LogP contribution in [0, 0.1) is 6.92 Å². The fourth-order valence-electron chi connectivity index (χ4n) is 4.28. The Hall–Kier alpha value is -2.51. The Morgan fingerprint density at radius 1 is 1.23 bits per heavy atom. The summed E-state index contributed by atoms with van der Waals surface area (Å²) in [6.07, 6.45) is 3.56. The molecule has 0 radical (unpaired) electrons. The summed E-state index contributed by atoms with van der Waals surface area (Å²) < 4.78 is 13.1. The highest BCUT2D eigenvalue weighted by Gasteiger charge is 2.19. The number of thiol groups is 1. The van der Waals surface area contributed by atoms with Gasteiger partial charge in [-0.15, -0.1) is 12.6 Å². The van der Waals surface area contributed by atoms with Gasteiger partial charge in [-0.3, -0.25) is 9.36 Å². The first-order valence-corrected chi connectivity index (χ1v) is 11.2. The van der Waals surface area contributed by atoms with E-state index >= 15 is 0 Å². The van der Waals surface area contributed by atoms with Gasteiger partial charge in [0, 0.05) is 23.5 Å². The van der Waals surface area contributed by atoms with Gasteiger partial charge in [0.25, 0.3) is 5.56 Å². The van der Waals surface area contributed by atoms with E-state index in [0.717, 1.165) is 23.6 Å². The number of benzene rings is 2. The molecule has 0 saturated carbocycles. The van der Waals surface area contributed by atoms with Gasteiger partial charge in [-0.2, -0.15) is 0 Å². The third kappa shape index (κ3) is 4.57. The van der Waals surface area contributed by atoms with Gasteiger partial charge in [0.2, 0.25) is 0 Å². The van der Waals surface area contributed by atoms with Crippen LogP contribution in [-0.4, -0.2) is 47.3 Å². The highest BCUT2D eigenvalue weighted by atomic mass is 32.1. The molecule has 6 nitrogen and oxygen atoms in total. The van der Waals surface area contributed by atoms with Crippen LogP contribution in [0.2, 0.25) is 0 Å². The Kier molecular flexibility index (Phi) is 6.53. The molecule has 7 heteroatoms. The van der Waals surface area contributed by atoms with Crippen molar-refractivity contribution in [2.45, 2.75) is 44.0 Å². The highest BCUT2D eigenvalue weighted by molar-refractivity contribution is 7.80. The summed E-state index contributed by atoms with van der Waals surface area (Å²) in [5.74, 6) is 1.89. The monoisotopic (exact) mass is 439 g/mol. The summed E-state index contributed by atoms with van der Waals surface area (Å²) in [5, 5.41) is 0.525. The second-order valence-electron chi connectivity index (χ2n) is 8.06. The minimum Gasteiger partial charge on any atom is -0.494 e. The maximum Gasteiger partial charge on any atom is 0.266 e. The van der Waals surface area contributed by atoms with Crippen molar-refractivity contribution in [1.29, 1.82) is 0 Å². The van der Waals surface area contributed by atoms with E-state index in [4.69, 9.17) is 9.47 Å². The molecule has 0 spiro atoms. The third-order valence-electron chi connectivity index (χ3n) is 5.96. The Morgan fingerprint density at radius 3 is 2.81 bits per heavy atom. The Morgan fingerprint density at radius 2 is 2.06 bits per heavy atom. The lowest BCUT2D eigenvalue weighted by atomic mass is 10.2. The molecule has 1 atom stereocenters. The van der Waals surface area contributed by atoms with E-state index in [1.807, 2.05) is 37.3 Å². The molecule has 0 bridgehead atoms. The van der Waals surface area contributed by atoms with Gasteiger partial charge in [-0.25, -0.2) is 4.98 Å². The number of fused-ring (bicyclic) bond motifs is 1. The maximum absolute atomic E-state index is 13.2. The molecular weight excluding hydrogens is 410 g/mol. The number of aromatic nitrogens is 2. The third-order valence-corrected chi connectivity index (χ3v) is 6.24. The van der Waals surface area contributed by atoms with E-state index in [1.54, 1.807) is 17.7 Å². The molecule has 164 valence electrons. The quantitative estimate of drug-likeness (QED) is 0.441. The van der Waals surface area contributed by atoms with E-state index in [1.165, 1.54) is 19.4 Å². The average Bonchev–Trinajstić information content (AvgIpc) is 3.17. The number of rotatable bonds is 7. The van der Waals surface area contributed by atoms with Crippen LogP contribution >= 0.6 is 12.6 Å². The number of hydrogen-bond acceptors (Lipinski definition) is 6. The van der Waals surface area contributed by atoms with Crippen LogP contribution in [0.5, 0.6) is 11.5 Å². The Bertz CT molecular complexity index is 1140. The van der Waals surface area contributed by atoms with Crippen molar-refractivity contribution < 1.29 is 9.47 Å². The summed E-state index contributed by atoms with van der Waals surface area (Å²) >= 11 is 4.36. The van der Waals surface area contributed by atoms with Gasteiger partial charge >= 0.3 is 0 Å². The number of nitrogens with zero attached hydrogens (tertiary/aromatic N) is 3. The van der Waals surface area contributed by atoms with Gasteiger partial charge in [0.15, 0.2) is 0 Å². The fourth-order valence-corrected chi connectivity index (χ4v) is 4.49.